The van der Waals surface area contributed by atoms with Crippen molar-refractivity contribution in [3.63, 3.8) is 0 Å². The number of carboxylic acids is 1. The summed E-state index contributed by atoms with van der Waals surface area (Å²) in [5, 5.41) is 13.3. The minimum atomic E-state index is -3.92. The maximum atomic E-state index is 11.7. The van der Waals surface area contributed by atoms with Gasteiger partial charge in [-0.3, -0.25) is 9.59 Å². The third kappa shape index (κ3) is 8.46. The maximum absolute atomic E-state index is 11.7. The molecule has 2 amide bonds. The number of amides is 2. The SMILES string of the molecule is CCCCNC(=O)CS(=O)(=O)CC(NC(C)=O)C(=O)O. The first kappa shape index (κ1) is 18.4. The first-order valence-electron chi connectivity index (χ1n) is 6.15. The van der Waals surface area contributed by atoms with E-state index >= 15 is 0 Å². The van der Waals surface area contributed by atoms with Crippen LogP contribution in [0.15, 0.2) is 0 Å². The number of carbonyl (C=O) groups excluding carboxylic acids is 2. The molecular weight excluding hydrogens is 288 g/mol. The standard InChI is InChI=1S/C11H20N2O6S/c1-3-4-5-12-10(15)7-20(18,19)6-9(11(16)17)13-8(2)14/h9H,3-7H2,1-2H3,(H,12,15)(H,13,14)(H,16,17). The van der Waals surface area contributed by atoms with Crippen molar-refractivity contribution in [1.82, 2.24) is 10.6 Å². The second-order valence-corrected chi connectivity index (χ2v) is 6.46. The third-order valence-corrected chi connectivity index (χ3v) is 3.84. The second-order valence-electron chi connectivity index (χ2n) is 4.35. The number of aliphatic carboxylic acids is 1. The van der Waals surface area contributed by atoms with Crippen molar-refractivity contribution in [3.8, 4) is 0 Å². The number of sulfone groups is 1. The number of nitrogens with one attached hydrogen (secondary N) is 2. The maximum Gasteiger partial charge on any atom is 0.327 e. The molecule has 1 atom stereocenters. The molecule has 0 saturated heterocycles. The third-order valence-electron chi connectivity index (χ3n) is 2.30. The predicted molar refractivity (Wildman–Crippen MR) is 71.8 cm³/mol. The van der Waals surface area contributed by atoms with Gasteiger partial charge in [0.1, 0.15) is 11.8 Å². The van der Waals surface area contributed by atoms with Crippen LogP contribution >= 0.6 is 0 Å². The van der Waals surface area contributed by atoms with Crippen LogP contribution in [0.5, 0.6) is 0 Å². The zero-order valence-corrected chi connectivity index (χ0v) is 12.3. The van der Waals surface area contributed by atoms with Gasteiger partial charge in [-0.15, -0.1) is 0 Å². The van der Waals surface area contributed by atoms with Crippen LogP contribution in [-0.4, -0.2) is 55.4 Å². The molecule has 0 aliphatic rings. The summed E-state index contributed by atoms with van der Waals surface area (Å²) in [6.07, 6.45) is 1.59. The molecule has 116 valence electrons. The van der Waals surface area contributed by atoms with Crippen molar-refractivity contribution >= 4 is 27.6 Å². The van der Waals surface area contributed by atoms with E-state index in [1.807, 2.05) is 12.2 Å². The van der Waals surface area contributed by atoms with Gasteiger partial charge in [-0.2, -0.15) is 0 Å². The Kier molecular flexibility index (Phi) is 7.82. The Hall–Kier alpha value is -1.64. The minimum absolute atomic E-state index is 0.374. The van der Waals surface area contributed by atoms with Gasteiger partial charge in [-0.25, -0.2) is 13.2 Å². The summed E-state index contributed by atoms with van der Waals surface area (Å²) in [5.74, 6) is -4.40. The summed E-state index contributed by atoms with van der Waals surface area (Å²) in [4.78, 5) is 33.0. The van der Waals surface area contributed by atoms with Gasteiger partial charge in [-0.05, 0) is 6.42 Å². The highest BCUT2D eigenvalue weighted by molar-refractivity contribution is 7.92. The summed E-state index contributed by atoms with van der Waals surface area (Å²) < 4.78 is 23.4. The summed E-state index contributed by atoms with van der Waals surface area (Å²) in [7, 11) is -3.92. The average Bonchev–Trinajstić information content (AvgIpc) is 2.26. The van der Waals surface area contributed by atoms with E-state index in [0.29, 0.717) is 6.54 Å². The van der Waals surface area contributed by atoms with Crippen LogP contribution in [0.4, 0.5) is 0 Å². The minimum Gasteiger partial charge on any atom is -0.480 e. The smallest absolute Gasteiger partial charge is 0.327 e. The molecular formula is C11H20N2O6S. The number of unbranched alkanes of at least 4 members (excludes halogenated alkanes) is 1. The van der Waals surface area contributed by atoms with Crippen LogP contribution in [0.2, 0.25) is 0 Å². The zero-order valence-electron chi connectivity index (χ0n) is 11.5. The summed E-state index contributed by atoms with van der Waals surface area (Å²) in [6.45, 7) is 3.38. The molecule has 0 aromatic carbocycles. The molecule has 0 aliphatic carbocycles. The van der Waals surface area contributed by atoms with E-state index in [2.05, 4.69) is 5.32 Å². The Morgan fingerprint density at radius 1 is 1.25 bits per heavy atom. The van der Waals surface area contributed by atoms with E-state index < -0.39 is 45.2 Å². The van der Waals surface area contributed by atoms with Crippen LogP contribution in [0, 0.1) is 0 Å². The van der Waals surface area contributed by atoms with Crippen LogP contribution in [0.3, 0.4) is 0 Å². The van der Waals surface area contributed by atoms with Crippen LogP contribution < -0.4 is 10.6 Å². The molecule has 0 aromatic heterocycles. The summed E-state index contributed by atoms with van der Waals surface area (Å²) in [5.41, 5.74) is 0. The molecule has 1 unspecified atom stereocenters. The lowest BCUT2D eigenvalue weighted by Gasteiger charge is -2.13. The van der Waals surface area contributed by atoms with Gasteiger partial charge in [0.25, 0.3) is 0 Å². The molecule has 0 spiro atoms. The Morgan fingerprint density at radius 3 is 2.30 bits per heavy atom. The van der Waals surface area contributed by atoms with Gasteiger partial charge in [0.05, 0.1) is 5.75 Å². The molecule has 0 aliphatic heterocycles. The molecule has 0 saturated carbocycles. The van der Waals surface area contributed by atoms with Gasteiger partial charge in [0, 0.05) is 13.5 Å². The van der Waals surface area contributed by atoms with Gasteiger partial charge in [0.15, 0.2) is 9.84 Å². The molecule has 3 N–H and O–H groups in total. The van der Waals surface area contributed by atoms with Gasteiger partial charge >= 0.3 is 5.97 Å². The summed E-state index contributed by atoms with van der Waals surface area (Å²) in [6, 6.07) is -1.55. The van der Waals surface area contributed by atoms with Crippen molar-refractivity contribution < 1.29 is 27.9 Å². The highest BCUT2D eigenvalue weighted by atomic mass is 32.2. The fourth-order valence-electron chi connectivity index (χ4n) is 1.39. The molecule has 20 heavy (non-hydrogen) atoms. The molecule has 0 radical (unpaired) electrons. The quantitative estimate of drug-likeness (QED) is 0.464. The van der Waals surface area contributed by atoms with Crippen LogP contribution in [0.25, 0.3) is 0 Å². The first-order valence-corrected chi connectivity index (χ1v) is 7.97. The molecule has 9 heteroatoms. The number of rotatable bonds is 9. The van der Waals surface area contributed by atoms with E-state index in [9.17, 15) is 22.8 Å². The Balaban J connectivity index is 4.51. The Bertz CT molecular complexity index is 460. The van der Waals surface area contributed by atoms with Crippen molar-refractivity contribution in [2.24, 2.45) is 0 Å². The molecule has 8 nitrogen and oxygen atoms in total. The van der Waals surface area contributed by atoms with E-state index in [4.69, 9.17) is 5.11 Å². The van der Waals surface area contributed by atoms with E-state index in [-0.39, 0.29) is 0 Å². The summed E-state index contributed by atoms with van der Waals surface area (Å²) >= 11 is 0. The van der Waals surface area contributed by atoms with Gasteiger partial charge in [0.2, 0.25) is 11.8 Å². The van der Waals surface area contributed by atoms with E-state index in [1.54, 1.807) is 0 Å². The topological polar surface area (TPSA) is 130 Å². The number of hydrogen-bond donors (Lipinski definition) is 3. The van der Waals surface area contributed by atoms with Crippen LogP contribution in [0.1, 0.15) is 26.7 Å². The van der Waals surface area contributed by atoms with Gasteiger partial charge in [-0.1, -0.05) is 13.3 Å². The fraction of sp³-hybridized carbons (Fsp3) is 0.727. The van der Waals surface area contributed by atoms with Gasteiger partial charge < -0.3 is 15.7 Å². The average molecular weight is 308 g/mol. The lowest BCUT2D eigenvalue weighted by molar-refractivity contribution is -0.140. The highest BCUT2D eigenvalue weighted by Gasteiger charge is 2.27. The lowest BCUT2D eigenvalue weighted by Crippen LogP contribution is -2.46. The zero-order chi connectivity index (χ0) is 15.8. The number of carbonyl (C=O) groups is 3. The second kappa shape index (κ2) is 8.51. The molecule has 0 fully saturated rings. The number of carboxylic acid groups (broad SMARTS) is 1. The van der Waals surface area contributed by atoms with E-state index in [0.717, 1.165) is 19.8 Å². The molecule has 0 heterocycles. The van der Waals surface area contributed by atoms with E-state index in [1.165, 1.54) is 0 Å². The molecule has 0 aromatic rings. The Labute approximate surface area is 117 Å². The largest absolute Gasteiger partial charge is 0.480 e. The highest BCUT2D eigenvalue weighted by Crippen LogP contribution is 1.97. The fourth-order valence-corrected chi connectivity index (χ4v) is 2.74. The normalized spacial score (nSPS) is 12.5. The number of hydrogen-bond acceptors (Lipinski definition) is 5. The predicted octanol–water partition coefficient (Wildman–Crippen LogP) is -1.09. The Morgan fingerprint density at radius 2 is 1.85 bits per heavy atom. The van der Waals surface area contributed by atoms with Crippen molar-refractivity contribution in [1.29, 1.82) is 0 Å². The first-order chi connectivity index (χ1) is 9.18. The molecule has 0 rings (SSSR count). The van der Waals surface area contributed by atoms with Crippen molar-refractivity contribution in [2.75, 3.05) is 18.1 Å². The monoisotopic (exact) mass is 308 g/mol. The lowest BCUT2D eigenvalue weighted by atomic mass is 10.3. The molecule has 0 bridgehead atoms. The van der Waals surface area contributed by atoms with Crippen molar-refractivity contribution in [3.05, 3.63) is 0 Å². The van der Waals surface area contributed by atoms with Crippen LogP contribution in [-0.2, 0) is 24.2 Å². The van der Waals surface area contributed by atoms with Crippen molar-refractivity contribution in [2.45, 2.75) is 32.7 Å².